The number of hydrogen-bond donors (Lipinski definition) is 1. The highest BCUT2D eigenvalue weighted by molar-refractivity contribution is 9.10. The second kappa shape index (κ2) is 10.2. The molecular formula is C14H22BrNO3. The van der Waals surface area contributed by atoms with Crippen LogP contribution >= 0.6 is 15.9 Å². The molecule has 0 atom stereocenters. The van der Waals surface area contributed by atoms with Crippen molar-refractivity contribution in [2.45, 2.75) is 13.0 Å². The van der Waals surface area contributed by atoms with E-state index >= 15 is 0 Å². The smallest absolute Gasteiger partial charge is 0.133 e. The Kier molecular flexibility index (Phi) is 8.82. The first kappa shape index (κ1) is 16.4. The van der Waals surface area contributed by atoms with Crippen molar-refractivity contribution in [1.82, 2.24) is 5.32 Å². The summed E-state index contributed by atoms with van der Waals surface area (Å²) in [5.74, 6) is 0.872. The molecule has 1 rings (SSSR count). The summed E-state index contributed by atoms with van der Waals surface area (Å²) in [5.41, 5.74) is 1.22. The minimum absolute atomic E-state index is 0.665. The summed E-state index contributed by atoms with van der Waals surface area (Å²) in [7, 11) is 3.40. The van der Waals surface area contributed by atoms with Crippen LogP contribution in [0, 0.1) is 0 Å². The normalized spacial score (nSPS) is 10.7. The molecule has 0 radical (unpaired) electrons. The van der Waals surface area contributed by atoms with Gasteiger partial charge in [0, 0.05) is 40.3 Å². The standard InChI is InChI=1S/C14H22BrNO3/c1-17-7-3-8-19-14-5-4-12(10-13(14)15)11-16-6-9-18-2/h4-5,10,16H,3,6-9,11H2,1-2H3. The van der Waals surface area contributed by atoms with Gasteiger partial charge in [0.1, 0.15) is 5.75 Å². The summed E-state index contributed by atoms with van der Waals surface area (Å²) >= 11 is 3.53. The molecular weight excluding hydrogens is 310 g/mol. The summed E-state index contributed by atoms with van der Waals surface area (Å²) in [6.07, 6.45) is 0.892. The summed E-state index contributed by atoms with van der Waals surface area (Å²) < 4.78 is 16.6. The van der Waals surface area contributed by atoms with Gasteiger partial charge in [-0.25, -0.2) is 0 Å². The van der Waals surface area contributed by atoms with Crippen LogP contribution in [0.4, 0.5) is 0 Å². The summed E-state index contributed by atoms with van der Waals surface area (Å²) in [6, 6.07) is 6.13. The van der Waals surface area contributed by atoms with Crippen LogP contribution in [-0.4, -0.2) is 40.6 Å². The van der Waals surface area contributed by atoms with Gasteiger partial charge in [0.2, 0.25) is 0 Å². The molecule has 1 aromatic carbocycles. The number of methoxy groups -OCH3 is 2. The molecule has 0 saturated carbocycles. The molecule has 0 aliphatic heterocycles. The van der Waals surface area contributed by atoms with Crippen molar-refractivity contribution >= 4 is 15.9 Å². The molecule has 5 heteroatoms. The second-order valence-corrected chi connectivity index (χ2v) is 4.98. The molecule has 1 N–H and O–H groups in total. The fourth-order valence-electron chi connectivity index (χ4n) is 1.56. The molecule has 0 spiro atoms. The Morgan fingerprint density at radius 2 is 1.89 bits per heavy atom. The van der Waals surface area contributed by atoms with Gasteiger partial charge in [-0.05, 0) is 33.6 Å². The van der Waals surface area contributed by atoms with Gasteiger partial charge in [-0.2, -0.15) is 0 Å². The lowest BCUT2D eigenvalue weighted by molar-refractivity contribution is 0.172. The quantitative estimate of drug-likeness (QED) is 0.669. The van der Waals surface area contributed by atoms with Gasteiger partial charge in [0.05, 0.1) is 17.7 Å². The van der Waals surface area contributed by atoms with Crippen LogP contribution in [0.25, 0.3) is 0 Å². The minimum atomic E-state index is 0.665. The minimum Gasteiger partial charge on any atom is -0.492 e. The first-order valence-corrected chi connectivity index (χ1v) is 7.17. The number of ether oxygens (including phenoxy) is 3. The van der Waals surface area contributed by atoms with Crippen molar-refractivity contribution in [3.05, 3.63) is 28.2 Å². The third-order valence-electron chi connectivity index (χ3n) is 2.56. The van der Waals surface area contributed by atoms with Gasteiger partial charge in [-0.1, -0.05) is 6.07 Å². The Morgan fingerprint density at radius 3 is 2.58 bits per heavy atom. The van der Waals surface area contributed by atoms with E-state index in [0.29, 0.717) is 6.61 Å². The van der Waals surface area contributed by atoms with Crippen molar-refractivity contribution in [2.75, 3.05) is 40.6 Å². The van der Waals surface area contributed by atoms with Crippen molar-refractivity contribution in [3.63, 3.8) is 0 Å². The highest BCUT2D eigenvalue weighted by Crippen LogP contribution is 2.26. The molecule has 0 fully saturated rings. The van der Waals surface area contributed by atoms with E-state index in [4.69, 9.17) is 14.2 Å². The first-order chi connectivity index (χ1) is 9.27. The Hall–Kier alpha value is -0.620. The van der Waals surface area contributed by atoms with Crippen LogP contribution in [0.3, 0.4) is 0 Å². The maximum atomic E-state index is 5.67. The van der Waals surface area contributed by atoms with E-state index < -0.39 is 0 Å². The van der Waals surface area contributed by atoms with E-state index in [1.54, 1.807) is 14.2 Å². The zero-order valence-corrected chi connectivity index (χ0v) is 13.2. The number of halogens is 1. The Morgan fingerprint density at radius 1 is 1.11 bits per heavy atom. The highest BCUT2D eigenvalue weighted by Gasteiger charge is 2.02. The third kappa shape index (κ3) is 6.92. The molecule has 0 aromatic heterocycles. The monoisotopic (exact) mass is 331 g/mol. The van der Waals surface area contributed by atoms with Crippen LogP contribution in [0.1, 0.15) is 12.0 Å². The fraction of sp³-hybridized carbons (Fsp3) is 0.571. The molecule has 108 valence electrons. The second-order valence-electron chi connectivity index (χ2n) is 4.13. The zero-order chi connectivity index (χ0) is 13.9. The van der Waals surface area contributed by atoms with E-state index in [1.165, 1.54) is 5.56 Å². The molecule has 0 amide bonds. The molecule has 4 nitrogen and oxygen atoms in total. The van der Waals surface area contributed by atoms with Crippen molar-refractivity contribution < 1.29 is 14.2 Å². The van der Waals surface area contributed by atoms with Crippen molar-refractivity contribution in [1.29, 1.82) is 0 Å². The van der Waals surface area contributed by atoms with E-state index in [0.717, 1.165) is 42.9 Å². The SMILES string of the molecule is COCCCOc1ccc(CNCCOC)cc1Br. The van der Waals surface area contributed by atoms with Gasteiger partial charge >= 0.3 is 0 Å². The number of rotatable bonds is 10. The van der Waals surface area contributed by atoms with Crippen LogP contribution in [0.5, 0.6) is 5.75 Å². The molecule has 0 unspecified atom stereocenters. The number of hydrogen-bond acceptors (Lipinski definition) is 4. The third-order valence-corrected chi connectivity index (χ3v) is 3.18. The summed E-state index contributed by atoms with van der Waals surface area (Å²) in [4.78, 5) is 0. The largest absolute Gasteiger partial charge is 0.492 e. The maximum absolute atomic E-state index is 5.67. The molecule has 19 heavy (non-hydrogen) atoms. The van der Waals surface area contributed by atoms with Gasteiger partial charge in [0.25, 0.3) is 0 Å². The maximum Gasteiger partial charge on any atom is 0.133 e. The summed E-state index contributed by atoms with van der Waals surface area (Å²) in [5, 5.41) is 3.31. The highest BCUT2D eigenvalue weighted by atomic mass is 79.9. The Labute approximate surface area is 123 Å². The topological polar surface area (TPSA) is 39.7 Å². The van der Waals surface area contributed by atoms with Gasteiger partial charge < -0.3 is 19.5 Å². The molecule has 0 aliphatic carbocycles. The van der Waals surface area contributed by atoms with Crippen molar-refractivity contribution in [3.8, 4) is 5.75 Å². The summed E-state index contributed by atoms with van der Waals surface area (Å²) in [6.45, 7) is 3.79. The van der Waals surface area contributed by atoms with Crippen molar-refractivity contribution in [2.24, 2.45) is 0 Å². The number of benzene rings is 1. The Bertz CT molecular complexity index is 361. The number of nitrogens with one attached hydrogen (secondary N) is 1. The van der Waals surface area contributed by atoms with Crippen LogP contribution in [-0.2, 0) is 16.0 Å². The van der Waals surface area contributed by atoms with Gasteiger partial charge in [-0.3, -0.25) is 0 Å². The predicted molar refractivity (Wildman–Crippen MR) is 79.7 cm³/mol. The molecule has 0 saturated heterocycles. The lowest BCUT2D eigenvalue weighted by Crippen LogP contribution is -2.18. The van der Waals surface area contributed by atoms with Crippen LogP contribution < -0.4 is 10.1 Å². The average molecular weight is 332 g/mol. The molecule has 0 heterocycles. The zero-order valence-electron chi connectivity index (χ0n) is 11.6. The fourth-order valence-corrected chi connectivity index (χ4v) is 2.10. The van der Waals surface area contributed by atoms with Crippen LogP contribution in [0.2, 0.25) is 0 Å². The molecule has 0 aliphatic rings. The lowest BCUT2D eigenvalue weighted by Gasteiger charge is -2.10. The first-order valence-electron chi connectivity index (χ1n) is 6.37. The van der Waals surface area contributed by atoms with E-state index in [2.05, 4.69) is 33.4 Å². The average Bonchev–Trinajstić information content (AvgIpc) is 2.42. The van der Waals surface area contributed by atoms with E-state index in [-0.39, 0.29) is 0 Å². The van der Waals surface area contributed by atoms with E-state index in [1.807, 2.05) is 6.07 Å². The van der Waals surface area contributed by atoms with Gasteiger partial charge in [-0.15, -0.1) is 0 Å². The van der Waals surface area contributed by atoms with Crippen LogP contribution in [0.15, 0.2) is 22.7 Å². The lowest BCUT2D eigenvalue weighted by atomic mass is 10.2. The molecule has 0 bridgehead atoms. The van der Waals surface area contributed by atoms with E-state index in [9.17, 15) is 0 Å². The predicted octanol–water partition coefficient (Wildman–Crippen LogP) is 2.60. The molecule has 1 aromatic rings. The Balaban J connectivity index is 2.36. The van der Waals surface area contributed by atoms with Gasteiger partial charge in [0.15, 0.2) is 0 Å².